The van der Waals surface area contributed by atoms with E-state index < -0.39 is 6.10 Å². The van der Waals surface area contributed by atoms with E-state index in [2.05, 4.69) is 21.2 Å². The number of carbonyl (C=O) groups excluding carboxylic acids is 2. The van der Waals surface area contributed by atoms with Crippen LogP contribution in [0.25, 0.3) is 0 Å². The van der Waals surface area contributed by atoms with E-state index in [-0.39, 0.29) is 5.91 Å². The molecule has 4 nitrogen and oxygen atoms in total. The lowest BCUT2D eigenvalue weighted by Gasteiger charge is -2.15. The Bertz CT molecular complexity index is 640. The molecule has 108 valence electrons. The summed E-state index contributed by atoms with van der Waals surface area (Å²) in [5.74, 6) is 0.229. The van der Waals surface area contributed by atoms with Gasteiger partial charge in [-0.1, -0.05) is 28.1 Å². The summed E-state index contributed by atoms with van der Waals surface area (Å²) in [4.78, 5) is 22.7. The Morgan fingerprint density at radius 2 is 1.95 bits per heavy atom. The topological polar surface area (TPSA) is 55.4 Å². The first-order valence-electron chi connectivity index (χ1n) is 6.37. The van der Waals surface area contributed by atoms with Crippen LogP contribution in [0.2, 0.25) is 0 Å². The molecule has 0 saturated heterocycles. The molecule has 1 atom stereocenters. The van der Waals surface area contributed by atoms with Gasteiger partial charge in [0.15, 0.2) is 6.10 Å². The van der Waals surface area contributed by atoms with Gasteiger partial charge in [0.25, 0.3) is 5.91 Å². The number of ether oxygens (including phenoxy) is 1. The number of benzene rings is 2. The van der Waals surface area contributed by atoms with Gasteiger partial charge in [-0.25, -0.2) is 0 Å². The second-order valence-corrected chi connectivity index (χ2v) is 5.36. The summed E-state index contributed by atoms with van der Waals surface area (Å²) >= 11 is 3.33. The zero-order valence-electron chi connectivity index (χ0n) is 11.4. The molecule has 0 aliphatic carbocycles. The zero-order valence-corrected chi connectivity index (χ0v) is 13.0. The number of hydrogen-bond donors (Lipinski definition) is 1. The average Bonchev–Trinajstić information content (AvgIpc) is 2.49. The molecular formula is C16H14BrNO3. The maximum absolute atomic E-state index is 12.0. The molecule has 0 fully saturated rings. The van der Waals surface area contributed by atoms with Crippen LogP contribution < -0.4 is 10.1 Å². The molecule has 0 spiro atoms. The third-order valence-corrected chi connectivity index (χ3v) is 3.32. The molecule has 21 heavy (non-hydrogen) atoms. The van der Waals surface area contributed by atoms with Crippen molar-refractivity contribution < 1.29 is 14.3 Å². The van der Waals surface area contributed by atoms with Crippen LogP contribution in [-0.4, -0.2) is 18.3 Å². The first-order valence-corrected chi connectivity index (χ1v) is 7.16. The number of halogens is 1. The van der Waals surface area contributed by atoms with Crippen molar-refractivity contribution in [3.05, 3.63) is 58.6 Å². The first-order chi connectivity index (χ1) is 10.1. The van der Waals surface area contributed by atoms with Crippen LogP contribution in [0.15, 0.2) is 53.0 Å². The van der Waals surface area contributed by atoms with Crippen molar-refractivity contribution in [1.29, 1.82) is 0 Å². The van der Waals surface area contributed by atoms with Crippen molar-refractivity contribution in [2.24, 2.45) is 0 Å². The predicted molar refractivity (Wildman–Crippen MR) is 84.7 cm³/mol. The highest BCUT2D eigenvalue weighted by molar-refractivity contribution is 9.10. The second kappa shape index (κ2) is 7.04. The van der Waals surface area contributed by atoms with Gasteiger partial charge in [0, 0.05) is 15.7 Å². The lowest BCUT2D eigenvalue weighted by molar-refractivity contribution is -0.122. The molecule has 0 aromatic heterocycles. The largest absolute Gasteiger partial charge is 0.481 e. The van der Waals surface area contributed by atoms with Gasteiger partial charge in [0.2, 0.25) is 0 Å². The molecule has 0 radical (unpaired) electrons. The third-order valence-electron chi connectivity index (χ3n) is 2.79. The molecule has 2 rings (SSSR count). The van der Waals surface area contributed by atoms with Crippen LogP contribution >= 0.6 is 15.9 Å². The number of nitrogens with one attached hydrogen (secondary N) is 1. The van der Waals surface area contributed by atoms with Crippen LogP contribution in [0.3, 0.4) is 0 Å². The molecular weight excluding hydrogens is 334 g/mol. The van der Waals surface area contributed by atoms with E-state index in [4.69, 9.17) is 4.74 Å². The molecule has 0 aliphatic heterocycles. The highest BCUT2D eigenvalue weighted by atomic mass is 79.9. The smallest absolute Gasteiger partial charge is 0.265 e. The van der Waals surface area contributed by atoms with E-state index in [0.717, 1.165) is 10.8 Å². The summed E-state index contributed by atoms with van der Waals surface area (Å²) in [5.41, 5.74) is 1.20. The van der Waals surface area contributed by atoms with Gasteiger partial charge in [-0.2, -0.15) is 0 Å². The fourth-order valence-electron chi connectivity index (χ4n) is 1.70. The third kappa shape index (κ3) is 4.43. The van der Waals surface area contributed by atoms with Crippen LogP contribution in [0.4, 0.5) is 5.69 Å². The van der Waals surface area contributed by atoms with E-state index in [1.54, 1.807) is 43.3 Å². The van der Waals surface area contributed by atoms with E-state index in [1.807, 2.05) is 12.1 Å². The van der Waals surface area contributed by atoms with Gasteiger partial charge < -0.3 is 10.1 Å². The number of amides is 1. The fraction of sp³-hybridized carbons (Fsp3) is 0.125. The van der Waals surface area contributed by atoms with Crippen LogP contribution in [0, 0.1) is 0 Å². The SMILES string of the molecule is C[C@H](Oc1cccc(C=O)c1)C(=O)Nc1ccc(Br)cc1. The minimum absolute atomic E-state index is 0.256. The monoisotopic (exact) mass is 347 g/mol. The molecule has 0 bridgehead atoms. The number of anilines is 1. The van der Waals surface area contributed by atoms with E-state index in [0.29, 0.717) is 17.0 Å². The quantitative estimate of drug-likeness (QED) is 0.839. The highest BCUT2D eigenvalue weighted by Gasteiger charge is 2.15. The Morgan fingerprint density at radius 1 is 1.24 bits per heavy atom. The summed E-state index contributed by atoms with van der Waals surface area (Å²) in [6.07, 6.45) is 0.0648. The van der Waals surface area contributed by atoms with Gasteiger partial charge in [-0.3, -0.25) is 9.59 Å². The average molecular weight is 348 g/mol. The summed E-state index contributed by atoms with van der Waals surface area (Å²) in [6, 6.07) is 13.9. The van der Waals surface area contributed by atoms with Crippen molar-refractivity contribution in [2.75, 3.05) is 5.32 Å². The van der Waals surface area contributed by atoms with E-state index >= 15 is 0 Å². The molecule has 2 aromatic rings. The lowest BCUT2D eigenvalue weighted by Crippen LogP contribution is -2.30. The zero-order chi connectivity index (χ0) is 15.2. The maximum atomic E-state index is 12.0. The van der Waals surface area contributed by atoms with Gasteiger partial charge in [0.05, 0.1) is 0 Å². The standard InChI is InChI=1S/C16H14BrNO3/c1-11(21-15-4-2-3-12(9-15)10-19)16(20)18-14-7-5-13(17)6-8-14/h2-11H,1H3,(H,18,20)/t11-/m0/s1. The number of carbonyl (C=O) groups is 2. The Kier molecular flexibility index (Phi) is 5.11. The van der Waals surface area contributed by atoms with Crippen molar-refractivity contribution >= 4 is 33.8 Å². The molecule has 0 unspecified atom stereocenters. The molecule has 1 N–H and O–H groups in total. The van der Waals surface area contributed by atoms with Crippen molar-refractivity contribution in [3.8, 4) is 5.75 Å². The minimum atomic E-state index is -0.671. The Hall–Kier alpha value is -2.14. The van der Waals surface area contributed by atoms with Gasteiger partial charge in [-0.05, 0) is 43.3 Å². The Labute approximate surface area is 131 Å². The molecule has 0 saturated carbocycles. The van der Waals surface area contributed by atoms with Gasteiger partial charge in [0.1, 0.15) is 12.0 Å². The van der Waals surface area contributed by atoms with Crippen molar-refractivity contribution in [2.45, 2.75) is 13.0 Å². The second-order valence-electron chi connectivity index (χ2n) is 4.45. The van der Waals surface area contributed by atoms with Crippen molar-refractivity contribution in [1.82, 2.24) is 0 Å². The maximum Gasteiger partial charge on any atom is 0.265 e. The minimum Gasteiger partial charge on any atom is -0.481 e. The van der Waals surface area contributed by atoms with Crippen LogP contribution in [0.5, 0.6) is 5.75 Å². The Balaban J connectivity index is 1.98. The molecule has 0 heterocycles. The molecule has 1 amide bonds. The van der Waals surface area contributed by atoms with Gasteiger partial charge >= 0.3 is 0 Å². The summed E-state index contributed by atoms with van der Waals surface area (Å²) in [7, 11) is 0. The number of hydrogen-bond acceptors (Lipinski definition) is 3. The number of aldehydes is 1. The Morgan fingerprint density at radius 3 is 2.62 bits per heavy atom. The summed E-state index contributed by atoms with van der Waals surface area (Å²) in [5, 5.41) is 2.76. The fourth-order valence-corrected chi connectivity index (χ4v) is 1.96. The molecule has 2 aromatic carbocycles. The van der Waals surface area contributed by atoms with E-state index in [1.165, 1.54) is 0 Å². The summed E-state index contributed by atoms with van der Waals surface area (Å²) in [6.45, 7) is 1.65. The van der Waals surface area contributed by atoms with Gasteiger partial charge in [-0.15, -0.1) is 0 Å². The molecule has 5 heteroatoms. The predicted octanol–water partition coefficient (Wildman–Crippen LogP) is 3.67. The summed E-state index contributed by atoms with van der Waals surface area (Å²) < 4.78 is 6.47. The normalized spacial score (nSPS) is 11.5. The highest BCUT2D eigenvalue weighted by Crippen LogP contribution is 2.16. The first kappa shape index (κ1) is 15.3. The van der Waals surface area contributed by atoms with E-state index in [9.17, 15) is 9.59 Å². The van der Waals surface area contributed by atoms with Crippen molar-refractivity contribution in [3.63, 3.8) is 0 Å². The van der Waals surface area contributed by atoms with Crippen LogP contribution in [0.1, 0.15) is 17.3 Å². The van der Waals surface area contributed by atoms with Crippen LogP contribution in [-0.2, 0) is 4.79 Å². The number of rotatable bonds is 5. The molecule has 0 aliphatic rings. The lowest BCUT2D eigenvalue weighted by atomic mass is 10.2.